The van der Waals surface area contributed by atoms with E-state index in [4.69, 9.17) is 0 Å². The minimum Gasteiger partial charge on any atom is -0.506 e. The highest BCUT2D eigenvalue weighted by molar-refractivity contribution is 5.96. The van der Waals surface area contributed by atoms with Crippen molar-refractivity contribution < 1.29 is 15.0 Å². The van der Waals surface area contributed by atoms with Crippen molar-refractivity contribution in [2.75, 3.05) is 11.4 Å². The summed E-state index contributed by atoms with van der Waals surface area (Å²) >= 11 is 0. The minimum absolute atomic E-state index is 0.0724. The lowest BCUT2D eigenvalue weighted by molar-refractivity contribution is -0.123. The molecule has 0 spiro atoms. The number of hydrogen-bond acceptors (Lipinski definition) is 3. The molecule has 108 valence electrons. The maximum atomic E-state index is 12.5. The third-order valence-electron chi connectivity index (χ3n) is 4.51. The standard InChI is InChI=1S/C16H21NO3/c18-13-7-3-5-12-6-4-10-17(15(12)13)14(19)11-16(20)8-1-2-9-16/h3,5,7,18,20H,1-2,4,6,8-11H2. The summed E-state index contributed by atoms with van der Waals surface area (Å²) in [7, 11) is 0. The van der Waals surface area contributed by atoms with E-state index in [0.717, 1.165) is 31.2 Å². The van der Waals surface area contributed by atoms with E-state index in [1.54, 1.807) is 11.0 Å². The van der Waals surface area contributed by atoms with E-state index >= 15 is 0 Å². The zero-order chi connectivity index (χ0) is 14.2. The highest BCUT2D eigenvalue weighted by Crippen LogP contribution is 2.38. The van der Waals surface area contributed by atoms with Gasteiger partial charge < -0.3 is 15.1 Å². The molecule has 0 saturated heterocycles. The van der Waals surface area contributed by atoms with Crippen LogP contribution in [0.3, 0.4) is 0 Å². The van der Waals surface area contributed by atoms with Crippen molar-refractivity contribution in [1.29, 1.82) is 0 Å². The molecule has 1 saturated carbocycles. The molecule has 0 unspecified atom stereocenters. The molecule has 4 nitrogen and oxygen atoms in total. The molecule has 0 atom stereocenters. The predicted octanol–water partition coefficient (Wildman–Crippen LogP) is 2.37. The van der Waals surface area contributed by atoms with Gasteiger partial charge in [0.15, 0.2) is 0 Å². The van der Waals surface area contributed by atoms with Gasteiger partial charge in [0.1, 0.15) is 5.75 Å². The second-order valence-corrected chi connectivity index (χ2v) is 6.04. The summed E-state index contributed by atoms with van der Waals surface area (Å²) < 4.78 is 0. The molecule has 0 radical (unpaired) electrons. The Morgan fingerprint density at radius 1 is 1.25 bits per heavy atom. The molecule has 3 rings (SSSR count). The quantitative estimate of drug-likeness (QED) is 0.871. The lowest BCUT2D eigenvalue weighted by atomic mass is 9.95. The fourth-order valence-electron chi connectivity index (χ4n) is 3.47. The minimum atomic E-state index is -0.834. The van der Waals surface area contributed by atoms with Crippen molar-refractivity contribution in [3.63, 3.8) is 0 Å². The van der Waals surface area contributed by atoms with Gasteiger partial charge in [-0.15, -0.1) is 0 Å². The van der Waals surface area contributed by atoms with Gasteiger partial charge in [-0.1, -0.05) is 25.0 Å². The number of amides is 1. The Morgan fingerprint density at radius 2 is 2.00 bits per heavy atom. The van der Waals surface area contributed by atoms with Crippen LogP contribution in [0.5, 0.6) is 5.75 Å². The Hall–Kier alpha value is -1.55. The number of carbonyl (C=O) groups is 1. The van der Waals surface area contributed by atoms with Crippen molar-refractivity contribution in [1.82, 2.24) is 0 Å². The highest BCUT2D eigenvalue weighted by atomic mass is 16.3. The smallest absolute Gasteiger partial charge is 0.229 e. The number of phenolic OH excluding ortho intramolecular Hbond substituents is 1. The number of fused-ring (bicyclic) bond motifs is 1. The predicted molar refractivity (Wildman–Crippen MR) is 76.8 cm³/mol. The van der Waals surface area contributed by atoms with Crippen LogP contribution in [-0.4, -0.2) is 28.3 Å². The summed E-state index contributed by atoms with van der Waals surface area (Å²) in [6, 6.07) is 5.39. The molecule has 1 aliphatic heterocycles. The Labute approximate surface area is 119 Å². The Balaban J connectivity index is 1.83. The van der Waals surface area contributed by atoms with Gasteiger partial charge in [-0.05, 0) is 37.3 Å². The van der Waals surface area contributed by atoms with Gasteiger partial charge in [-0.25, -0.2) is 0 Å². The van der Waals surface area contributed by atoms with Crippen LogP contribution in [0.25, 0.3) is 0 Å². The van der Waals surface area contributed by atoms with Crippen molar-refractivity contribution in [3.8, 4) is 5.75 Å². The third kappa shape index (κ3) is 2.40. The maximum Gasteiger partial charge on any atom is 0.229 e. The molecular formula is C16H21NO3. The molecule has 1 aromatic rings. The fraction of sp³-hybridized carbons (Fsp3) is 0.562. The average Bonchev–Trinajstić information content (AvgIpc) is 2.85. The number of phenols is 1. The van der Waals surface area contributed by atoms with Gasteiger partial charge in [0.2, 0.25) is 5.91 Å². The van der Waals surface area contributed by atoms with Gasteiger partial charge in [0.05, 0.1) is 17.7 Å². The molecule has 0 bridgehead atoms. The van der Waals surface area contributed by atoms with E-state index in [0.29, 0.717) is 25.1 Å². The molecule has 1 aliphatic carbocycles. The van der Waals surface area contributed by atoms with Crippen LogP contribution in [0, 0.1) is 0 Å². The largest absolute Gasteiger partial charge is 0.506 e. The van der Waals surface area contributed by atoms with Crippen LogP contribution in [0.1, 0.15) is 44.1 Å². The normalized spacial score (nSPS) is 20.8. The zero-order valence-electron chi connectivity index (χ0n) is 11.6. The van der Waals surface area contributed by atoms with E-state index in [-0.39, 0.29) is 18.1 Å². The summed E-state index contributed by atoms with van der Waals surface area (Å²) in [6.07, 6.45) is 5.36. The highest BCUT2D eigenvalue weighted by Gasteiger charge is 2.36. The van der Waals surface area contributed by atoms with E-state index in [1.807, 2.05) is 12.1 Å². The average molecular weight is 275 g/mol. The van der Waals surface area contributed by atoms with E-state index < -0.39 is 5.60 Å². The lowest BCUT2D eigenvalue weighted by Crippen LogP contribution is -2.40. The molecule has 1 amide bonds. The molecule has 20 heavy (non-hydrogen) atoms. The fourth-order valence-corrected chi connectivity index (χ4v) is 3.47. The molecule has 1 heterocycles. The maximum absolute atomic E-state index is 12.5. The first-order valence-electron chi connectivity index (χ1n) is 7.43. The zero-order valence-corrected chi connectivity index (χ0v) is 11.6. The number of aromatic hydroxyl groups is 1. The van der Waals surface area contributed by atoms with Crippen LogP contribution in [0.15, 0.2) is 18.2 Å². The lowest BCUT2D eigenvalue weighted by Gasteiger charge is -2.32. The van der Waals surface area contributed by atoms with Crippen molar-refractivity contribution in [2.45, 2.75) is 50.5 Å². The molecule has 0 aromatic heterocycles. The Kier molecular flexibility index (Phi) is 3.42. The molecule has 1 fully saturated rings. The van der Waals surface area contributed by atoms with Crippen LogP contribution in [-0.2, 0) is 11.2 Å². The number of anilines is 1. The van der Waals surface area contributed by atoms with Crippen LogP contribution < -0.4 is 4.90 Å². The number of benzene rings is 1. The summed E-state index contributed by atoms with van der Waals surface area (Å²) in [6.45, 7) is 0.624. The first kappa shape index (κ1) is 13.4. The van der Waals surface area contributed by atoms with Crippen LogP contribution >= 0.6 is 0 Å². The molecule has 4 heteroatoms. The first-order chi connectivity index (χ1) is 9.59. The van der Waals surface area contributed by atoms with Gasteiger partial charge >= 0.3 is 0 Å². The molecular weight excluding hydrogens is 254 g/mol. The van der Waals surface area contributed by atoms with E-state index in [2.05, 4.69) is 0 Å². The number of aliphatic hydroxyl groups is 1. The van der Waals surface area contributed by atoms with Gasteiger partial charge in [-0.3, -0.25) is 4.79 Å². The number of nitrogens with zero attached hydrogens (tertiary/aromatic N) is 1. The Bertz CT molecular complexity index is 520. The topological polar surface area (TPSA) is 60.8 Å². The number of rotatable bonds is 2. The number of para-hydroxylation sites is 1. The second-order valence-electron chi connectivity index (χ2n) is 6.04. The van der Waals surface area contributed by atoms with Gasteiger partial charge in [0.25, 0.3) is 0 Å². The molecule has 2 aliphatic rings. The van der Waals surface area contributed by atoms with Crippen LogP contribution in [0.4, 0.5) is 5.69 Å². The third-order valence-corrected chi connectivity index (χ3v) is 4.51. The SMILES string of the molecule is O=C(CC1(O)CCCC1)N1CCCc2cccc(O)c21. The summed E-state index contributed by atoms with van der Waals surface area (Å²) in [4.78, 5) is 14.2. The second kappa shape index (κ2) is 5.09. The van der Waals surface area contributed by atoms with E-state index in [1.165, 1.54) is 0 Å². The number of hydrogen-bond donors (Lipinski definition) is 2. The monoisotopic (exact) mass is 275 g/mol. The van der Waals surface area contributed by atoms with Crippen molar-refractivity contribution in [3.05, 3.63) is 23.8 Å². The van der Waals surface area contributed by atoms with Crippen molar-refractivity contribution in [2.24, 2.45) is 0 Å². The summed E-state index contributed by atoms with van der Waals surface area (Å²) in [5.41, 5.74) is 0.826. The Morgan fingerprint density at radius 3 is 2.75 bits per heavy atom. The number of aryl methyl sites for hydroxylation is 1. The molecule has 2 N–H and O–H groups in total. The van der Waals surface area contributed by atoms with Gasteiger partial charge in [-0.2, -0.15) is 0 Å². The van der Waals surface area contributed by atoms with Crippen LogP contribution in [0.2, 0.25) is 0 Å². The van der Waals surface area contributed by atoms with Gasteiger partial charge in [0, 0.05) is 6.54 Å². The first-order valence-corrected chi connectivity index (χ1v) is 7.43. The number of carbonyl (C=O) groups excluding carboxylic acids is 1. The van der Waals surface area contributed by atoms with E-state index in [9.17, 15) is 15.0 Å². The van der Waals surface area contributed by atoms with Crippen molar-refractivity contribution >= 4 is 11.6 Å². The summed E-state index contributed by atoms with van der Waals surface area (Å²) in [5, 5.41) is 20.4. The molecule has 1 aromatic carbocycles. The summed E-state index contributed by atoms with van der Waals surface area (Å²) in [5.74, 6) is 0.0887.